The molecule has 1 saturated heterocycles. The molecule has 1 spiro atoms. The van der Waals surface area contributed by atoms with Crippen LogP contribution in [0.15, 0.2) is 0 Å². The number of nitrogens with one attached hydrogen (secondary N) is 1. The van der Waals surface area contributed by atoms with Gasteiger partial charge in [0.2, 0.25) is 0 Å². The van der Waals surface area contributed by atoms with Crippen LogP contribution in [0.4, 0.5) is 0 Å². The molecule has 0 aromatic carbocycles. The van der Waals surface area contributed by atoms with Crippen LogP contribution >= 0.6 is 0 Å². The number of likely N-dealkylation sites (tertiary alicyclic amines) is 1. The van der Waals surface area contributed by atoms with E-state index in [9.17, 15) is 0 Å². The summed E-state index contributed by atoms with van der Waals surface area (Å²) in [5.74, 6) is 0. The van der Waals surface area contributed by atoms with Gasteiger partial charge in [-0.25, -0.2) is 0 Å². The van der Waals surface area contributed by atoms with Crippen LogP contribution in [0.3, 0.4) is 0 Å². The van der Waals surface area contributed by atoms with Crippen LogP contribution in [0, 0.1) is 5.41 Å². The highest BCUT2D eigenvalue weighted by molar-refractivity contribution is 4.88. The van der Waals surface area contributed by atoms with Gasteiger partial charge in [0.1, 0.15) is 0 Å². The number of hydrogen-bond acceptors (Lipinski definition) is 3. The summed E-state index contributed by atoms with van der Waals surface area (Å²) in [4.78, 5) is 5.17. The van der Waals surface area contributed by atoms with Crippen molar-refractivity contribution < 1.29 is 0 Å². The highest BCUT2D eigenvalue weighted by Crippen LogP contribution is 2.44. The van der Waals surface area contributed by atoms with Crippen molar-refractivity contribution in [3.63, 3.8) is 0 Å². The molecule has 124 valence electrons. The Hall–Kier alpha value is -0.120. The van der Waals surface area contributed by atoms with E-state index in [4.69, 9.17) is 0 Å². The van der Waals surface area contributed by atoms with Gasteiger partial charge in [0.15, 0.2) is 0 Å². The molecule has 1 aliphatic heterocycles. The van der Waals surface area contributed by atoms with Crippen LogP contribution in [0.25, 0.3) is 0 Å². The van der Waals surface area contributed by atoms with Gasteiger partial charge in [-0.1, -0.05) is 33.1 Å². The quantitative estimate of drug-likeness (QED) is 0.695. The summed E-state index contributed by atoms with van der Waals surface area (Å²) < 4.78 is 0. The first-order valence-electron chi connectivity index (χ1n) is 9.43. The third kappa shape index (κ3) is 5.54. The van der Waals surface area contributed by atoms with Gasteiger partial charge in [-0.15, -0.1) is 0 Å². The molecule has 2 rings (SSSR count). The van der Waals surface area contributed by atoms with Gasteiger partial charge in [-0.2, -0.15) is 0 Å². The molecule has 3 nitrogen and oxygen atoms in total. The largest absolute Gasteiger partial charge is 0.314 e. The maximum atomic E-state index is 3.62. The zero-order chi connectivity index (χ0) is 15.0. The minimum absolute atomic E-state index is 0.755. The third-order valence-corrected chi connectivity index (χ3v) is 5.93. The fourth-order valence-electron chi connectivity index (χ4n) is 4.19. The summed E-state index contributed by atoms with van der Waals surface area (Å²) in [5.41, 5.74) is 0.755. The topological polar surface area (TPSA) is 18.5 Å². The van der Waals surface area contributed by atoms with Crippen LogP contribution in [0.1, 0.15) is 58.8 Å². The molecule has 2 aliphatic rings. The van der Waals surface area contributed by atoms with Gasteiger partial charge < -0.3 is 15.1 Å². The zero-order valence-electron chi connectivity index (χ0n) is 14.5. The zero-order valence-corrected chi connectivity index (χ0v) is 14.5. The molecular weight excluding hydrogens is 258 g/mol. The number of rotatable bonds is 8. The predicted octanol–water partition coefficient (Wildman–Crippen LogP) is 2.96. The van der Waals surface area contributed by atoms with E-state index in [0.717, 1.165) is 18.5 Å². The highest BCUT2D eigenvalue weighted by Gasteiger charge is 2.35. The molecule has 0 bridgehead atoms. The minimum atomic E-state index is 0.755. The monoisotopic (exact) mass is 295 g/mol. The summed E-state index contributed by atoms with van der Waals surface area (Å²) in [7, 11) is 0. The Kier molecular flexibility index (Phi) is 7.48. The molecule has 0 atom stereocenters. The summed E-state index contributed by atoms with van der Waals surface area (Å²) in [6.45, 7) is 14.3. The van der Waals surface area contributed by atoms with Gasteiger partial charge in [-0.3, -0.25) is 0 Å². The average molecular weight is 296 g/mol. The Labute approximate surface area is 132 Å². The molecule has 1 N–H and O–H groups in total. The van der Waals surface area contributed by atoms with Crippen LogP contribution in [-0.2, 0) is 0 Å². The highest BCUT2D eigenvalue weighted by atomic mass is 15.2. The predicted molar refractivity (Wildman–Crippen MR) is 91.8 cm³/mol. The number of hydrogen-bond donors (Lipinski definition) is 1. The first-order chi connectivity index (χ1) is 10.3. The maximum Gasteiger partial charge on any atom is 0.0107 e. The summed E-state index contributed by atoms with van der Waals surface area (Å²) in [5, 5.41) is 3.62. The van der Waals surface area contributed by atoms with E-state index in [1.54, 1.807) is 0 Å². The van der Waals surface area contributed by atoms with E-state index in [1.807, 2.05) is 0 Å². The molecule has 3 heteroatoms. The van der Waals surface area contributed by atoms with Crippen molar-refractivity contribution in [3.8, 4) is 0 Å². The van der Waals surface area contributed by atoms with E-state index < -0.39 is 0 Å². The Balaban J connectivity index is 1.53. The third-order valence-electron chi connectivity index (χ3n) is 5.93. The van der Waals surface area contributed by atoms with Crippen molar-refractivity contribution in [2.75, 3.05) is 52.4 Å². The number of nitrogens with zero attached hydrogens (tertiary/aromatic N) is 2. The molecule has 1 heterocycles. The summed E-state index contributed by atoms with van der Waals surface area (Å²) in [6.07, 6.45) is 10.4. The van der Waals surface area contributed by atoms with Crippen LogP contribution in [0.5, 0.6) is 0 Å². The van der Waals surface area contributed by atoms with E-state index >= 15 is 0 Å². The Morgan fingerprint density at radius 2 is 1.57 bits per heavy atom. The molecule has 0 aromatic rings. The van der Waals surface area contributed by atoms with Gasteiger partial charge >= 0.3 is 0 Å². The maximum absolute atomic E-state index is 3.62. The Morgan fingerprint density at radius 3 is 2.19 bits per heavy atom. The molecule has 1 saturated carbocycles. The van der Waals surface area contributed by atoms with Crippen molar-refractivity contribution in [2.24, 2.45) is 5.41 Å². The average Bonchev–Trinajstić information content (AvgIpc) is 2.54. The number of piperidine rings is 1. The molecule has 0 radical (unpaired) electrons. The lowest BCUT2D eigenvalue weighted by Gasteiger charge is -2.44. The van der Waals surface area contributed by atoms with E-state index in [0.29, 0.717) is 0 Å². The number of likely N-dealkylation sites (N-methyl/N-ethyl adjacent to an activating group) is 1. The standard InChI is InChI=1S/C18H37N3/c1-3-20(4-2)16-12-19-13-17-21-14-10-18(11-15-21)8-6-5-7-9-18/h19H,3-17H2,1-2H3. The van der Waals surface area contributed by atoms with Crippen molar-refractivity contribution in [1.82, 2.24) is 15.1 Å². The fourth-order valence-corrected chi connectivity index (χ4v) is 4.19. The SMILES string of the molecule is CCN(CC)CCNCCN1CCC2(CCCCC2)CC1. The van der Waals surface area contributed by atoms with Gasteiger partial charge in [0, 0.05) is 26.2 Å². The Morgan fingerprint density at radius 1 is 0.905 bits per heavy atom. The first kappa shape index (κ1) is 17.2. The van der Waals surface area contributed by atoms with Crippen molar-refractivity contribution in [3.05, 3.63) is 0 Å². The Bertz CT molecular complexity index is 260. The van der Waals surface area contributed by atoms with Crippen LogP contribution < -0.4 is 5.32 Å². The lowest BCUT2D eigenvalue weighted by molar-refractivity contribution is 0.0683. The summed E-state index contributed by atoms with van der Waals surface area (Å²) in [6, 6.07) is 0. The van der Waals surface area contributed by atoms with Crippen molar-refractivity contribution in [1.29, 1.82) is 0 Å². The first-order valence-corrected chi connectivity index (χ1v) is 9.43. The molecule has 2 fully saturated rings. The second-order valence-electron chi connectivity index (χ2n) is 7.18. The molecule has 0 amide bonds. The second kappa shape index (κ2) is 9.12. The normalized spacial score (nSPS) is 23.0. The van der Waals surface area contributed by atoms with Crippen molar-refractivity contribution >= 4 is 0 Å². The smallest absolute Gasteiger partial charge is 0.0107 e. The second-order valence-corrected chi connectivity index (χ2v) is 7.18. The molecular formula is C18H37N3. The van der Waals surface area contributed by atoms with Gasteiger partial charge in [0.05, 0.1) is 0 Å². The van der Waals surface area contributed by atoms with E-state index in [-0.39, 0.29) is 0 Å². The lowest BCUT2D eigenvalue weighted by Crippen LogP contribution is -2.44. The van der Waals surface area contributed by atoms with Gasteiger partial charge in [0.25, 0.3) is 0 Å². The molecule has 21 heavy (non-hydrogen) atoms. The molecule has 1 aliphatic carbocycles. The van der Waals surface area contributed by atoms with Gasteiger partial charge in [-0.05, 0) is 57.3 Å². The van der Waals surface area contributed by atoms with Crippen molar-refractivity contribution in [2.45, 2.75) is 58.8 Å². The summed E-state index contributed by atoms with van der Waals surface area (Å²) >= 11 is 0. The van der Waals surface area contributed by atoms with Crippen LogP contribution in [-0.4, -0.2) is 62.2 Å². The van der Waals surface area contributed by atoms with E-state index in [2.05, 4.69) is 29.0 Å². The fraction of sp³-hybridized carbons (Fsp3) is 1.00. The lowest BCUT2D eigenvalue weighted by atomic mass is 9.68. The minimum Gasteiger partial charge on any atom is -0.314 e. The van der Waals surface area contributed by atoms with E-state index in [1.165, 1.54) is 84.2 Å². The van der Waals surface area contributed by atoms with Crippen LogP contribution in [0.2, 0.25) is 0 Å². The molecule has 0 unspecified atom stereocenters. The molecule has 0 aromatic heterocycles.